The number of hydrogen-bond donors (Lipinski definition) is 0. The maximum atomic E-state index is 5.74. The average molecular weight is 429 g/mol. The molecule has 0 saturated heterocycles. The molecule has 0 saturated carbocycles. The van der Waals surface area contributed by atoms with Gasteiger partial charge in [-0.05, 0) is 51.4 Å². The fourth-order valence-electron chi connectivity index (χ4n) is 3.34. The van der Waals surface area contributed by atoms with Crippen LogP contribution in [0.15, 0.2) is 0 Å². The Morgan fingerprint density at radius 1 is 0.464 bits per heavy atom. The summed E-state index contributed by atoms with van der Waals surface area (Å²) in [5.41, 5.74) is 0. The van der Waals surface area contributed by atoms with Gasteiger partial charge in [-0.15, -0.1) is 0 Å². The van der Waals surface area contributed by atoms with Crippen molar-refractivity contribution in [2.45, 2.75) is 118 Å². The van der Waals surface area contributed by atoms with Crippen molar-refractivity contribution in [1.29, 1.82) is 0 Å². The molecule has 0 rings (SSSR count). The smallest absolute Gasteiger partial charge is 0.0779 e. The van der Waals surface area contributed by atoms with E-state index in [0.29, 0.717) is 0 Å². The Morgan fingerprint density at radius 3 is 1.00 bits per heavy atom. The minimum atomic E-state index is 1.09. The monoisotopic (exact) mass is 428 g/mol. The maximum Gasteiger partial charge on any atom is 0.0779 e. The fraction of sp³-hybridized carbons (Fsp3) is 0.917. The van der Waals surface area contributed by atoms with Crippen LogP contribution in [0.2, 0.25) is 0 Å². The number of rotatable bonds is 19. The Morgan fingerprint density at radius 2 is 0.750 bits per heavy atom. The van der Waals surface area contributed by atoms with Gasteiger partial charge in [-0.1, -0.05) is 90.7 Å². The zero-order chi connectivity index (χ0) is 21.0. The van der Waals surface area contributed by atoms with E-state index < -0.39 is 0 Å². The second kappa shape index (κ2) is 20.1. The highest BCUT2D eigenvalue weighted by molar-refractivity contribution is 7.80. The number of nitrogens with zero attached hydrogens (tertiary/aromatic N) is 2. The average Bonchev–Trinajstić information content (AvgIpc) is 2.70. The largest absolute Gasteiger partial charge is 0.366 e. The molecule has 166 valence electrons. The summed E-state index contributed by atoms with van der Waals surface area (Å²) in [4.78, 5) is 7.33. The Labute approximate surface area is 187 Å². The third-order valence-corrected chi connectivity index (χ3v) is 6.29. The van der Waals surface area contributed by atoms with E-state index in [1.54, 1.807) is 0 Å². The molecule has 2 nitrogen and oxygen atoms in total. The van der Waals surface area contributed by atoms with Crippen LogP contribution in [0.4, 0.5) is 0 Å². The molecular formula is C24H48N2S2. The second-order valence-corrected chi connectivity index (χ2v) is 9.03. The Kier molecular flexibility index (Phi) is 19.9. The van der Waals surface area contributed by atoms with E-state index in [9.17, 15) is 0 Å². The van der Waals surface area contributed by atoms with Crippen molar-refractivity contribution < 1.29 is 0 Å². The van der Waals surface area contributed by atoms with Gasteiger partial charge in [0.05, 0.1) is 9.98 Å². The maximum absolute atomic E-state index is 5.74. The van der Waals surface area contributed by atoms with Crippen LogP contribution in [0, 0.1) is 0 Å². The van der Waals surface area contributed by atoms with Crippen LogP contribution >= 0.6 is 24.4 Å². The van der Waals surface area contributed by atoms with E-state index in [2.05, 4.69) is 37.5 Å². The highest BCUT2D eigenvalue weighted by atomic mass is 32.1. The van der Waals surface area contributed by atoms with Gasteiger partial charge in [0.25, 0.3) is 0 Å². The van der Waals surface area contributed by atoms with Gasteiger partial charge in [0.1, 0.15) is 0 Å². The van der Waals surface area contributed by atoms with E-state index in [1.165, 1.54) is 87.0 Å². The highest BCUT2D eigenvalue weighted by Crippen LogP contribution is 2.12. The lowest BCUT2D eigenvalue weighted by molar-refractivity contribution is 0.394. The minimum Gasteiger partial charge on any atom is -0.366 e. The van der Waals surface area contributed by atoms with Crippen LogP contribution in [-0.4, -0.2) is 46.0 Å². The third-order valence-electron chi connectivity index (χ3n) is 5.36. The van der Waals surface area contributed by atoms with Gasteiger partial charge in [-0.2, -0.15) is 0 Å². The first-order valence-corrected chi connectivity index (χ1v) is 13.0. The normalized spacial score (nSPS) is 10.9. The number of hydrogen-bond acceptors (Lipinski definition) is 2. The molecule has 0 amide bonds. The molecule has 0 atom stereocenters. The molecule has 0 aliphatic rings. The number of thiocarbonyl (C=S) groups is 2. The van der Waals surface area contributed by atoms with Crippen molar-refractivity contribution >= 4 is 34.4 Å². The van der Waals surface area contributed by atoms with E-state index in [4.69, 9.17) is 24.4 Å². The summed E-state index contributed by atoms with van der Waals surface area (Å²) >= 11 is 11.5. The number of unbranched alkanes of at least 4 members (excludes halogenated alkanes) is 7. The van der Waals surface area contributed by atoms with E-state index >= 15 is 0 Å². The van der Waals surface area contributed by atoms with Crippen molar-refractivity contribution in [3.05, 3.63) is 0 Å². The van der Waals surface area contributed by atoms with E-state index in [1.807, 2.05) is 0 Å². The van der Waals surface area contributed by atoms with Crippen molar-refractivity contribution in [2.75, 3.05) is 26.2 Å². The molecule has 0 heterocycles. The van der Waals surface area contributed by atoms with Gasteiger partial charge in [0.15, 0.2) is 0 Å². The van der Waals surface area contributed by atoms with Gasteiger partial charge in [0.2, 0.25) is 0 Å². The van der Waals surface area contributed by atoms with E-state index in [-0.39, 0.29) is 0 Å². The molecule has 0 unspecified atom stereocenters. The minimum absolute atomic E-state index is 1.09. The van der Waals surface area contributed by atoms with E-state index in [0.717, 1.165) is 39.0 Å². The zero-order valence-corrected chi connectivity index (χ0v) is 21.1. The zero-order valence-electron chi connectivity index (χ0n) is 19.4. The van der Waals surface area contributed by atoms with Crippen molar-refractivity contribution in [3.8, 4) is 0 Å². The molecule has 0 aromatic carbocycles. The predicted molar refractivity (Wildman–Crippen MR) is 136 cm³/mol. The predicted octanol–water partition coefficient (Wildman–Crippen LogP) is 7.79. The molecule has 0 radical (unpaired) electrons. The second-order valence-electron chi connectivity index (χ2n) is 8.09. The van der Waals surface area contributed by atoms with Crippen LogP contribution in [0.1, 0.15) is 118 Å². The fourth-order valence-corrected chi connectivity index (χ4v) is 3.99. The van der Waals surface area contributed by atoms with Crippen LogP contribution in [0.5, 0.6) is 0 Å². The summed E-state index contributed by atoms with van der Waals surface area (Å²) < 4.78 is 0. The van der Waals surface area contributed by atoms with Gasteiger partial charge in [0, 0.05) is 26.2 Å². The van der Waals surface area contributed by atoms with Crippen molar-refractivity contribution in [3.63, 3.8) is 0 Å². The molecule has 0 aromatic rings. The van der Waals surface area contributed by atoms with Gasteiger partial charge in [-0.25, -0.2) is 0 Å². The topological polar surface area (TPSA) is 6.48 Å². The Bertz CT molecular complexity index is 333. The Hall–Kier alpha value is -0.220. The molecule has 0 fully saturated rings. The molecule has 0 N–H and O–H groups in total. The molecule has 0 bridgehead atoms. The first-order valence-electron chi connectivity index (χ1n) is 12.2. The molecule has 0 aliphatic carbocycles. The summed E-state index contributed by atoms with van der Waals surface area (Å²) in [6.07, 6.45) is 17.2. The molecule has 0 aliphatic heterocycles. The summed E-state index contributed by atoms with van der Waals surface area (Å²) in [5, 5.41) is 0. The first kappa shape index (κ1) is 27.8. The van der Waals surface area contributed by atoms with Crippen molar-refractivity contribution in [2.24, 2.45) is 0 Å². The van der Waals surface area contributed by atoms with Crippen LogP contribution in [-0.2, 0) is 0 Å². The molecule has 28 heavy (non-hydrogen) atoms. The van der Waals surface area contributed by atoms with Gasteiger partial charge >= 0.3 is 0 Å². The standard InChI is InChI=1S/C24H48N2S2/c1-5-9-19-25(20-10-6-2)23(27)17-15-13-14-16-18-24(28)26(21-11-7-3)22-12-8-4/h5-22H2,1-4H3. The lowest BCUT2D eigenvalue weighted by atomic mass is 10.1. The lowest BCUT2D eigenvalue weighted by Crippen LogP contribution is -2.31. The highest BCUT2D eigenvalue weighted by Gasteiger charge is 2.10. The molecule has 0 spiro atoms. The van der Waals surface area contributed by atoms with Crippen LogP contribution in [0.25, 0.3) is 0 Å². The quantitative estimate of drug-likeness (QED) is 0.153. The Balaban J connectivity index is 4.02. The van der Waals surface area contributed by atoms with Crippen molar-refractivity contribution in [1.82, 2.24) is 9.80 Å². The summed E-state index contributed by atoms with van der Waals surface area (Å²) in [6, 6.07) is 0. The van der Waals surface area contributed by atoms with Crippen LogP contribution in [0.3, 0.4) is 0 Å². The summed E-state index contributed by atoms with van der Waals surface area (Å²) in [6.45, 7) is 13.6. The third kappa shape index (κ3) is 14.7. The first-order chi connectivity index (χ1) is 13.6. The molecular weight excluding hydrogens is 380 g/mol. The summed E-state index contributed by atoms with van der Waals surface area (Å²) in [7, 11) is 0. The SMILES string of the molecule is CCCCN(CCCC)C(=S)CCCCCCC(=S)N(CCCC)CCCC. The molecule has 4 heteroatoms. The van der Waals surface area contributed by atoms with Gasteiger partial charge in [-0.3, -0.25) is 0 Å². The summed E-state index contributed by atoms with van der Waals surface area (Å²) in [5.74, 6) is 0. The van der Waals surface area contributed by atoms with Crippen LogP contribution < -0.4 is 0 Å². The molecule has 0 aromatic heterocycles. The van der Waals surface area contributed by atoms with Gasteiger partial charge < -0.3 is 9.80 Å². The lowest BCUT2D eigenvalue weighted by Gasteiger charge is -2.25.